The third kappa shape index (κ3) is 4.10. The fourth-order valence-electron chi connectivity index (χ4n) is 2.50. The number of anilines is 1. The largest absolute Gasteiger partial charge is 0.445 e. The number of aryl methyl sites for hydroxylation is 1. The maximum absolute atomic E-state index is 11.7. The van der Waals surface area contributed by atoms with E-state index in [1.807, 2.05) is 48.5 Å². The molecule has 1 heterocycles. The van der Waals surface area contributed by atoms with Crippen molar-refractivity contribution >= 4 is 17.7 Å². The summed E-state index contributed by atoms with van der Waals surface area (Å²) in [7, 11) is 0. The Bertz CT molecular complexity index is 713. The Balaban J connectivity index is 1.50. The third-order valence-corrected chi connectivity index (χ3v) is 3.71. The van der Waals surface area contributed by atoms with Crippen LogP contribution in [-0.2, 0) is 29.1 Å². The van der Waals surface area contributed by atoms with Crippen molar-refractivity contribution in [2.45, 2.75) is 26.0 Å². The maximum Gasteiger partial charge on any atom is 0.407 e. The predicted octanol–water partition coefficient (Wildman–Crippen LogP) is 3.00. The minimum Gasteiger partial charge on any atom is -0.445 e. The number of amides is 2. The lowest BCUT2D eigenvalue weighted by molar-refractivity contribution is -0.116. The highest BCUT2D eigenvalue weighted by molar-refractivity contribution is 5.93. The van der Waals surface area contributed by atoms with Crippen molar-refractivity contribution in [2.24, 2.45) is 0 Å². The van der Waals surface area contributed by atoms with Gasteiger partial charge in [0.05, 0.1) is 0 Å². The SMILES string of the molecule is O=C1CCc2cc(CNC(=O)OCc3ccccc3)ccc2N1. The van der Waals surface area contributed by atoms with E-state index in [2.05, 4.69) is 10.6 Å². The van der Waals surface area contributed by atoms with Gasteiger partial charge in [0.15, 0.2) is 0 Å². The number of ether oxygens (including phenoxy) is 1. The molecule has 0 atom stereocenters. The molecule has 0 unspecified atom stereocenters. The zero-order valence-electron chi connectivity index (χ0n) is 12.7. The van der Waals surface area contributed by atoms with E-state index < -0.39 is 6.09 Å². The van der Waals surface area contributed by atoms with Crippen LogP contribution in [0.4, 0.5) is 10.5 Å². The lowest BCUT2D eigenvalue weighted by Crippen LogP contribution is -2.24. The monoisotopic (exact) mass is 310 g/mol. The second kappa shape index (κ2) is 6.96. The number of fused-ring (bicyclic) bond motifs is 1. The van der Waals surface area contributed by atoms with Gasteiger partial charge in [-0.25, -0.2) is 4.79 Å². The van der Waals surface area contributed by atoms with Gasteiger partial charge in [-0.05, 0) is 29.2 Å². The lowest BCUT2D eigenvalue weighted by Gasteiger charge is -2.17. The van der Waals surface area contributed by atoms with Crippen molar-refractivity contribution in [3.05, 3.63) is 65.2 Å². The molecule has 2 aromatic rings. The molecule has 2 N–H and O–H groups in total. The molecule has 118 valence electrons. The molecule has 3 rings (SSSR count). The molecule has 0 aromatic heterocycles. The van der Waals surface area contributed by atoms with Gasteiger partial charge in [-0.1, -0.05) is 42.5 Å². The van der Waals surface area contributed by atoms with E-state index in [0.29, 0.717) is 13.0 Å². The second-order valence-electron chi connectivity index (χ2n) is 5.45. The summed E-state index contributed by atoms with van der Waals surface area (Å²) in [6.07, 6.45) is 0.788. The van der Waals surface area contributed by atoms with Crippen LogP contribution in [0.3, 0.4) is 0 Å². The zero-order chi connectivity index (χ0) is 16.1. The fraction of sp³-hybridized carbons (Fsp3) is 0.222. The van der Waals surface area contributed by atoms with Gasteiger partial charge in [-0.3, -0.25) is 4.79 Å². The molecular weight excluding hydrogens is 292 g/mol. The molecular formula is C18H18N2O3. The first-order valence-electron chi connectivity index (χ1n) is 7.57. The van der Waals surface area contributed by atoms with E-state index in [0.717, 1.165) is 28.8 Å². The number of rotatable bonds is 4. The molecule has 0 aliphatic carbocycles. The van der Waals surface area contributed by atoms with Crippen molar-refractivity contribution in [1.82, 2.24) is 5.32 Å². The molecule has 0 spiro atoms. The molecule has 0 radical (unpaired) electrons. The van der Waals surface area contributed by atoms with Crippen molar-refractivity contribution in [1.29, 1.82) is 0 Å². The quantitative estimate of drug-likeness (QED) is 0.912. The van der Waals surface area contributed by atoms with Crippen LogP contribution in [0, 0.1) is 0 Å². The van der Waals surface area contributed by atoms with Gasteiger partial charge in [0, 0.05) is 18.7 Å². The van der Waals surface area contributed by atoms with E-state index in [4.69, 9.17) is 4.74 Å². The van der Waals surface area contributed by atoms with Gasteiger partial charge in [0.25, 0.3) is 0 Å². The topological polar surface area (TPSA) is 67.4 Å². The fourth-order valence-corrected chi connectivity index (χ4v) is 2.50. The summed E-state index contributed by atoms with van der Waals surface area (Å²) in [5, 5.41) is 5.58. The van der Waals surface area contributed by atoms with Crippen molar-refractivity contribution in [3.8, 4) is 0 Å². The van der Waals surface area contributed by atoms with E-state index in [-0.39, 0.29) is 12.5 Å². The normalized spacial score (nSPS) is 13.0. The van der Waals surface area contributed by atoms with Gasteiger partial charge in [-0.2, -0.15) is 0 Å². The summed E-state index contributed by atoms with van der Waals surface area (Å²) >= 11 is 0. The van der Waals surface area contributed by atoms with Crippen LogP contribution in [0.2, 0.25) is 0 Å². The number of alkyl carbamates (subject to hydrolysis) is 1. The maximum atomic E-state index is 11.7. The summed E-state index contributed by atoms with van der Waals surface area (Å²) < 4.78 is 5.17. The van der Waals surface area contributed by atoms with Gasteiger partial charge in [0.2, 0.25) is 5.91 Å². The van der Waals surface area contributed by atoms with E-state index in [9.17, 15) is 9.59 Å². The first-order valence-corrected chi connectivity index (χ1v) is 7.57. The standard InChI is InChI=1S/C18H18N2O3/c21-17-9-7-15-10-14(6-8-16(15)20-17)11-19-18(22)23-12-13-4-2-1-3-5-13/h1-6,8,10H,7,9,11-12H2,(H,19,22)(H,20,21). The molecule has 0 bridgehead atoms. The average Bonchev–Trinajstić information content (AvgIpc) is 2.59. The van der Waals surface area contributed by atoms with Gasteiger partial charge >= 0.3 is 6.09 Å². The summed E-state index contributed by atoms with van der Waals surface area (Å²) in [6.45, 7) is 0.651. The van der Waals surface area contributed by atoms with Crippen LogP contribution in [-0.4, -0.2) is 12.0 Å². The minimum atomic E-state index is -0.445. The minimum absolute atomic E-state index is 0.0489. The second-order valence-corrected chi connectivity index (χ2v) is 5.45. The number of carbonyl (C=O) groups excluding carboxylic acids is 2. The van der Waals surface area contributed by atoms with Gasteiger partial charge in [-0.15, -0.1) is 0 Å². The van der Waals surface area contributed by atoms with E-state index in [1.54, 1.807) is 0 Å². The van der Waals surface area contributed by atoms with Gasteiger partial charge in [0.1, 0.15) is 6.61 Å². The Hall–Kier alpha value is -2.82. The summed E-state index contributed by atoms with van der Waals surface area (Å²) in [5.74, 6) is 0.0489. The van der Waals surface area contributed by atoms with Gasteiger partial charge < -0.3 is 15.4 Å². The highest BCUT2D eigenvalue weighted by atomic mass is 16.5. The molecule has 2 amide bonds. The van der Waals surface area contributed by atoms with Crippen LogP contribution < -0.4 is 10.6 Å². The number of hydrogen-bond donors (Lipinski definition) is 2. The van der Waals surface area contributed by atoms with Crippen molar-refractivity contribution in [2.75, 3.05) is 5.32 Å². The van der Waals surface area contributed by atoms with Crippen molar-refractivity contribution in [3.63, 3.8) is 0 Å². The average molecular weight is 310 g/mol. The van der Waals surface area contributed by atoms with Crippen LogP contribution >= 0.6 is 0 Å². The first kappa shape index (κ1) is 15.1. The molecule has 0 saturated carbocycles. The Morgan fingerprint density at radius 3 is 2.74 bits per heavy atom. The number of carbonyl (C=O) groups is 2. The molecule has 1 aliphatic heterocycles. The number of hydrogen-bond acceptors (Lipinski definition) is 3. The molecule has 5 nitrogen and oxygen atoms in total. The van der Waals surface area contributed by atoms with Crippen LogP contribution in [0.1, 0.15) is 23.1 Å². The Morgan fingerprint density at radius 2 is 1.91 bits per heavy atom. The highest BCUT2D eigenvalue weighted by Gasteiger charge is 2.14. The Morgan fingerprint density at radius 1 is 1.09 bits per heavy atom. The predicted molar refractivity (Wildman–Crippen MR) is 86.9 cm³/mol. The van der Waals surface area contributed by atoms with Crippen LogP contribution in [0.15, 0.2) is 48.5 Å². The Kier molecular flexibility index (Phi) is 4.57. The zero-order valence-corrected chi connectivity index (χ0v) is 12.7. The van der Waals surface area contributed by atoms with Crippen molar-refractivity contribution < 1.29 is 14.3 Å². The Labute approximate surface area is 134 Å². The lowest BCUT2D eigenvalue weighted by atomic mass is 10.0. The van der Waals surface area contributed by atoms with E-state index >= 15 is 0 Å². The molecule has 23 heavy (non-hydrogen) atoms. The number of benzene rings is 2. The highest BCUT2D eigenvalue weighted by Crippen LogP contribution is 2.23. The molecule has 0 saturated heterocycles. The smallest absolute Gasteiger partial charge is 0.407 e. The molecule has 5 heteroatoms. The van der Waals surface area contributed by atoms with Crippen LogP contribution in [0.5, 0.6) is 0 Å². The summed E-state index contributed by atoms with van der Waals surface area (Å²) in [5.41, 5.74) is 3.89. The number of nitrogens with one attached hydrogen (secondary N) is 2. The third-order valence-electron chi connectivity index (χ3n) is 3.71. The summed E-state index contributed by atoms with van der Waals surface area (Å²) in [6, 6.07) is 15.3. The molecule has 1 aliphatic rings. The van der Waals surface area contributed by atoms with E-state index in [1.165, 1.54) is 0 Å². The molecule has 2 aromatic carbocycles. The summed E-state index contributed by atoms with van der Waals surface area (Å²) in [4.78, 5) is 23.1. The first-order chi connectivity index (χ1) is 11.2. The molecule has 0 fully saturated rings. The van der Waals surface area contributed by atoms with Crippen LogP contribution in [0.25, 0.3) is 0 Å².